The van der Waals surface area contributed by atoms with Crippen LogP contribution in [0.3, 0.4) is 0 Å². The minimum atomic E-state index is -1.23. The highest BCUT2D eigenvalue weighted by Gasteiger charge is 2.16. The number of anilines is 1. The van der Waals surface area contributed by atoms with E-state index in [1.165, 1.54) is 0 Å². The molecule has 0 atom stereocenters. The van der Waals surface area contributed by atoms with Crippen LogP contribution in [0, 0.1) is 11.6 Å². The summed E-state index contributed by atoms with van der Waals surface area (Å²) in [6.45, 7) is -0.631. The lowest BCUT2D eigenvalue weighted by Crippen LogP contribution is -2.16. The third-order valence-corrected chi connectivity index (χ3v) is 1.86. The smallest absolute Gasteiger partial charge is 0.344 e. The van der Waals surface area contributed by atoms with Crippen LogP contribution in [0.15, 0.2) is 12.1 Å². The van der Waals surface area contributed by atoms with E-state index in [9.17, 15) is 18.4 Å². The van der Waals surface area contributed by atoms with Gasteiger partial charge in [-0.25, -0.2) is 18.4 Å². The highest BCUT2D eigenvalue weighted by Crippen LogP contribution is 2.17. The maximum Gasteiger partial charge on any atom is 0.344 e. The number of methoxy groups -OCH3 is 1. The van der Waals surface area contributed by atoms with E-state index in [0.717, 1.165) is 7.11 Å². The van der Waals surface area contributed by atoms with Crippen molar-refractivity contribution in [3.05, 3.63) is 29.3 Å². The molecule has 1 aromatic rings. The van der Waals surface area contributed by atoms with Crippen LogP contribution in [0.5, 0.6) is 0 Å². The Labute approximate surface area is 95.1 Å². The van der Waals surface area contributed by atoms with Gasteiger partial charge in [0.15, 0.2) is 18.2 Å². The predicted molar refractivity (Wildman–Crippen MR) is 53.1 cm³/mol. The number of carbonyl (C=O) groups is 2. The average molecular weight is 245 g/mol. The zero-order valence-electron chi connectivity index (χ0n) is 8.83. The number of carbonyl (C=O) groups excluding carboxylic acids is 2. The third-order valence-electron chi connectivity index (χ3n) is 1.86. The van der Waals surface area contributed by atoms with Crippen LogP contribution in [0.4, 0.5) is 14.5 Å². The summed E-state index contributed by atoms with van der Waals surface area (Å²) < 4.78 is 34.3. The van der Waals surface area contributed by atoms with E-state index in [-0.39, 0.29) is 11.3 Å². The Bertz CT molecular complexity index is 462. The number of benzene rings is 1. The fourth-order valence-electron chi connectivity index (χ4n) is 1.00. The van der Waals surface area contributed by atoms with Crippen molar-refractivity contribution in [2.45, 2.75) is 0 Å². The molecule has 0 aliphatic carbocycles. The number of hydrogen-bond donors (Lipinski definition) is 1. The molecule has 0 aliphatic rings. The van der Waals surface area contributed by atoms with Crippen LogP contribution >= 0.6 is 0 Å². The Kier molecular flexibility index (Phi) is 3.97. The molecule has 5 nitrogen and oxygen atoms in total. The molecular weight excluding hydrogens is 236 g/mol. The van der Waals surface area contributed by atoms with Gasteiger partial charge in [-0.05, 0) is 6.07 Å². The van der Waals surface area contributed by atoms with E-state index in [4.69, 9.17) is 5.73 Å². The minimum absolute atomic E-state index is 0.279. The third kappa shape index (κ3) is 3.13. The molecule has 0 amide bonds. The number of esters is 2. The fraction of sp³-hybridized carbons (Fsp3) is 0.200. The summed E-state index contributed by atoms with van der Waals surface area (Å²) in [5.41, 5.74) is 4.67. The lowest BCUT2D eigenvalue weighted by Gasteiger charge is -2.06. The van der Waals surface area contributed by atoms with Gasteiger partial charge < -0.3 is 15.2 Å². The number of nitrogens with two attached hydrogens (primary N) is 1. The maximum absolute atomic E-state index is 12.9. The van der Waals surface area contributed by atoms with Gasteiger partial charge in [0.25, 0.3) is 0 Å². The molecule has 17 heavy (non-hydrogen) atoms. The molecule has 92 valence electrons. The van der Waals surface area contributed by atoms with Crippen molar-refractivity contribution >= 4 is 17.6 Å². The van der Waals surface area contributed by atoms with Crippen LogP contribution < -0.4 is 5.73 Å². The SMILES string of the molecule is COC(=O)COC(=O)c1cc(F)c(F)cc1N. The van der Waals surface area contributed by atoms with Crippen molar-refractivity contribution in [3.8, 4) is 0 Å². The first-order chi connectivity index (χ1) is 7.95. The summed E-state index contributed by atoms with van der Waals surface area (Å²) >= 11 is 0. The van der Waals surface area contributed by atoms with Crippen LogP contribution in [0.1, 0.15) is 10.4 Å². The van der Waals surface area contributed by atoms with Gasteiger partial charge in [0.05, 0.1) is 12.7 Å². The van der Waals surface area contributed by atoms with Crippen LogP contribution in [-0.2, 0) is 14.3 Å². The Balaban J connectivity index is 2.82. The van der Waals surface area contributed by atoms with E-state index in [2.05, 4.69) is 9.47 Å². The maximum atomic E-state index is 12.9. The van der Waals surface area contributed by atoms with Crippen molar-refractivity contribution in [1.82, 2.24) is 0 Å². The molecule has 2 N–H and O–H groups in total. The number of ether oxygens (including phenoxy) is 2. The van der Waals surface area contributed by atoms with E-state index < -0.39 is 30.2 Å². The summed E-state index contributed by atoms with van der Waals surface area (Å²) in [4.78, 5) is 22.0. The lowest BCUT2D eigenvalue weighted by atomic mass is 10.1. The predicted octanol–water partition coefficient (Wildman–Crippen LogP) is 0.877. The minimum Gasteiger partial charge on any atom is -0.466 e. The van der Waals surface area contributed by atoms with Crippen LogP contribution in [-0.4, -0.2) is 25.7 Å². The Morgan fingerprint density at radius 3 is 2.47 bits per heavy atom. The summed E-state index contributed by atoms with van der Waals surface area (Å²) in [6.07, 6.45) is 0. The van der Waals surface area contributed by atoms with Crippen molar-refractivity contribution in [2.75, 3.05) is 19.5 Å². The summed E-state index contributed by atoms with van der Waals surface area (Å²) in [5, 5.41) is 0. The van der Waals surface area contributed by atoms with Crippen molar-refractivity contribution in [2.24, 2.45) is 0 Å². The Hall–Kier alpha value is -2.18. The standard InChI is InChI=1S/C10H9F2NO4/c1-16-9(14)4-17-10(15)5-2-6(11)7(12)3-8(5)13/h2-3H,4,13H2,1H3. The van der Waals surface area contributed by atoms with Crippen molar-refractivity contribution in [1.29, 1.82) is 0 Å². The fourth-order valence-corrected chi connectivity index (χ4v) is 1.00. The molecular formula is C10H9F2NO4. The van der Waals surface area contributed by atoms with Crippen LogP contribution in [0.2, 0.25) is 0 Å². The van der Waals surface area contributed by atoms with E-state index in [1.807, 2.05) is 0 Å². The average Bonchev–Trinajstić information content (AvgIpc) is 2.30. The van der Waals surface area contributed by atoms with Gasteiger partial charge in [0.2, 0.25) is 0 Å². The molecule has 0 aromatic heterocycles. The van der Waals surface area contributed by atoms with E-state index in [1.54, 1.807) is 0 Å². The topological polar surface area (TPSA) is 78.6 Å². The number of nitrogen functional groups attached to an aromatic ring is 1. The second-order valence-corrected chi connectivity index (χ2v) is 3.01. The number of hydrogen-bond acceptors (Lipinski definition) is 5. The van der Waals surface area contributed by atoms with E-state index >= 15 is 0 Å². The monoisotopic (exact) mass is 245 g/mol. The zero-order valence-corrected chi connectivity index (χ0v) is 8.83. The highest BCUT2D eigenvalue weighted by molar-refractivity contribution is 5.95. The number of rotatable bonds is 3. The first-order valence-electron chi connectivity index (χ1n) is 4.44. The van der Waals surface area contributed by atoms with Gasteiger partial charge in [-0.2, -0.15) is 0 Å². The van der Waals surface area contributed by atoms with Gasteiger partial charge in [0, 0.05) is 11.8 Å². The summed E-state index contributed by atoms with van der Waals surface area (Å²) in [6, 6.07) is 1.26. The summed E-state index contributed by atoms with van der Waals surface area (Å²) in [7, 11) is 1.11. The lowest BCUT2D eigenvalue weighted by molar-refractivity contribution is -0.144. The van der Waals surface area contributed by atoms with Gasteiger partial charge in [-0.3, -0.25) is 0 Å². The molecule has 0 fully saturated rings. The highest BCUT2D eigenvalue weighted by atomic mass is 19.2. The quantitative estimate of drug-likeness (QED) is 0.631. The normalized spacial score (nSPS) is 9.82. The molecule has 0 heterocycles. The zero-order chi connectivity index (χ0) is 13.0. The molecule has 7 heteroatoms. The van der Waals surface area contributed by atoms with Gasteiger partial charge in [0.1, 0.15) is 0 Å². The number of halogens is 2. The molecule has 0 bridgehead atoms. The molecule has 0 saturated heterocycles. The molecule has 0 unspecified atom stereocenters. The molecule has 0 radical (unpaired) electrons. The molecule has 0 spiro atoms. The Morgan fingerprint density at radius 2 is 1.88 bits per heavy atom. The van der Waals surface area contributed by atoms with Gasteiger partial charge >= 0.3 is 11.9 Å². The molecule has 0 aliphatic heterocycles. The van der Waals surface area contributed by atoms with Crippen molar-refractivity contribution < 1.29 is 27.8 Å². The summed E-state index contributed by atoms with van der Waals surface area (Å²) in [5.74, 6) is -4.22. The largest absolute Gasteiger partial charge is 0.466 e. The Morgan fingerprint density at radius 1 is 1.29 bits per heavy atom. The second-order valence-electron chi connectivity index (χ2n) is 3.01. The van der Waals surface area contributed by atoms with Gasteiger partial charge in [-0.1, -0.05) is 0 Å². The molecule has 1 aromatic carbocycles. The molecule has 0 saturated carbocycles. The molecule has 1 rings (SSSR count). The first kappa shape index (κ1) is 12.9. The van der Waals surface area contributed by atoms with Crippen molar-refractivity contribution in [3.63, 3.8) is 0 Å². The van der Waals surface area contributed by atoms with E-state index in [0.29, 0.717) is 12.1 Å². The van der Waals surface area contributed by atoms with Crippen LogP contribution in [0.25, 0.3) is 0 Å². The first-order valence-corrected chi connectivity index (χ1v) is 4.44. The van der Waals surface area contributed by atoms with Gasteiger partial charge in [-0.15, -0.1) is 0 Å². The second kappa shape index (κ2) is 5.24.